The Balaban J connectivity index is 1.66. The molecule has 4 N–H and O–H groups in total. The van der Waals surface area contributed by atoms with Crippen molar-refractivity contribution in [3.63, 3.8) is 0 Å². The number of rotatable bonds is 4. The second-order valence-electron chi connectivity index (χ2n) is 5.44. The van der Waals surface area contributed by atoms with E-state index in [1.165, 1.54) is 0 Å². The largest absolute Gasteiger partial charge is 0.481 e. The standard InChI is InChI=1S/C13H18N4O3/c14-13-16-10(7-1-2-20-6-7)5-11(17-13)15-9-3-8(4-9)12(18)19/h5,7-9H,1-4,6H2,(H,18,19)(H3,14,15,16,17)/t7-,8?,9?/m1/s1. The van der Waals surface area contributed by atoms with Crippen molar-refractivity contribution < 1.29 is 14.6 Å². The van der Waals surface area contributed by atoms with Crippen molar-refractivity contribution in [3.8, 4) is 0 Å². The zero-order valence-corrected chi connectivity index (χ0v) is 11.1. The Morgan fingerprint density at radius 1 is 1.45 bits per heavy atom. The molecule has 3 rings (SSSR count). The van der Waals surface area contributed by atoms with Crippen molar-refractivity contribution in [1.29, 1.82) is 0 Å². The summed E-state index contributed by atoms with van der Waals surface area (Å²) in [5.74, 6) is 0.219. The number of ether oxygens (including phenoxy) is 1. The van der Waals surface area contributed by atoms with Crippen molar-refractivity contribution in [2.45, 2.75) is 31.2 Å². The molecule has 108 valence electrons. The third-order valence-corrected chi connectivity index (χ3v) is 3.95. The molecular weight excluding hydrogens is 260 g/mol. The first-order valence-corrected chi connectivity index (χ1v) is 6.83. The van der Waals surface area contributed by atoms with E-state index >= 15 is 0 Å². The maximum absolute atomic E-state index is 10.8. The fraction of sp³-hybridized carbons (Fsp3) is 0.615. The van der Waals surface area contributed by atoms with Gasteiger partial charge in [0.05, 0.1) is 18.2 Å². The topological polar surface area (TPSA) is 110 Å². The molecule has 2 aliphatic rings. The molecule has 7 nitrogen and oxygen atoms in total. The van der Waals surface area contributed by atoms with E-state index in [2.05, 4.69) is 15.3 Å². The Kier molecular flexibility index (Phi) is 3.43. The van der Waals surface area contributed by atoms with Gasteiger partial charge in [-0.15, -0.1) is 0 Å². The molecule has 0 unspecified atom stereocenters. The molecule has 2 fully saturated rings. The highest BCUT2D eigenvalue weighted by Crippen LogP contribution is 2.31. The number of nitrogens with one attached hydrogen (secondary N) is 1. The number of carboxylic acids is 1. The lowest BCUT2D eigenvalue weighted by atomic mass is 9.80. The van der Waals surface area contributed by atoms with E-state index in [1.54, 1.807) is 0 Å². The third-order valence-electron chi connectivity index (χ3n) is 3.95. The summed E-state index contributed by atoms with van der Waals surface area (Å²) in [6.07, 6.45) is 2.20. The van der Waals surface area contributed by atoms with E-state index in [-0.39, 0.29) is 23.8 Å². The summed E-state index contributed by atoms with van der Waals surface area (Å²) in [5, 5.41) is 12.1. The number of carboxylic acid groups (broad SMARTS) is 1. The fourth-order valence-electron chi connectivity index (χ4n) is 2.68. The summed E-state index contributed by atoms with van der Waals surface area (Å²) in [4.78, 5) is 19.2. The predicted molar refractivity (Wildman–Crippen MR) is 72.4 cm³/mol. The quantitative estimate of drug-likeness (QED) is 0.748. The number of nitrogens with two attached hydrogens (primary N) is 1. The van der Waals surface area contributed by atoms with E-state index in [0.29, 0.717) is 25.3 Å². The molecule has 1 aliphatic heterocycles. The number of aliphatic carboxylic acids is 1. The lowest BCUT2D eigenvalue weighted by Crippen LogP contribution is -2.39. The van der Waals surface area contributed by atoms with Gasteiger partial charge in [-0.25, -0.2) is 4.98 Å². The van der Waals surface area contributed by atoms with Gasteiger partial charge in [-0.3, -0.25) is 4.79 Å². The Morgan fingerprint density at radius 2 is 2.25 bits per heavy atom. The van der Waals surface area contributed by atoms with Gasteiger partial charge >= 0.3 is 5.97 Å². The molecule has 0 radical (unpaired) electrons. The maximum atomic E-state index is 10.8. The number of carbonyl (C=O) groups is 1. The second-order valence-corrected chi connectivity index (χ2v) is 5.44. The number of anilines is 2. The summed E-state index contributed by atoms with van der Waals surface area (Å²) >= 11 is 0. The van der Waals surface area contributed by atoms with E-state index in [0.717, 1.165) is 18.7 Å². The van der Waals surface area contributed by atoms with Crippen LogP contribution in [0, 0.1) is 5.92 Å². The summed E-state index contributed by atoms with van der Waals surface area (Å²) in [7, 11) is 0. The van der Waals surface area contributed by atoms with E-state index < -0.39 is 5.97 Å². The summed E-state index contributed by atoms with van der Waals surface area (Å²) in [5.41, 5.74) is 6.64. The van der Waals surface area contributed by atoms with Crippen molar-refractivity contribution in [1.82, 2.24) is 9.97 Å². The van der Waals surface area contributed by atoms with Crippen LogP contribution in [0.25, 0.3) is 0 Å². The van der Waals surface area contributed by atoms with Gasteiger partial charge in [-0.1, -0.05) is 0 Å². The van der Waals surface area contributed by atoms with Crippen molar-refractivity contribution in [2.24, 2.45) is 5.92 Å². The molecule has 0 bridgehead atoms. The average molecular weight is 278 g/mol. The van der Waals surface area contributed by atoms with Crippen LogP contribution in [0.4, 0.5) is 11.8 Å². The van der Waals surface area contributed by atoms with Gasteiger partial charge in [-0.2, -0.15) is 4.98 Å². The molecule has 1 aromatic heterocycles. The highest BCUT2D eigenvalue weighted by molar-refractivity contribution is 5.71. The lowest BCUT2D eigenvalue weighted by Gasteiger charge is -2.33. The van der Waals surface area contributed by atoms with Gasteiger partial charge in [-0.05, 0) is 19.3 Å². The average Bonchev–Trinajstić information content (AvgIpc) is 2.85. The first-order chi connectivity index (χ1) is 9.61. The van der Waals surface area contributed by atoms with Crippen molar-refractivity contribution >= 4 is 17.7 Å². The fourth-order valence-corrected chi connectivity index (χ4v) is 2.68. The van der Waals surface area contributed by atoms with Crippen molar-refractivity contribution in [2.75, 3.05) is 24.3 Å². The Labute approximate surface area is 116 Å². The van der Waals surface area contributed by atoms with Gasteiger partial charge < -0.3 is 20.9 Å². The molecular formula is C13H18N4O3. The highest BCUT2D eigenvalue weighted by Gasteiger charge is 2.34. The Morgan fingerprint density at radius 3 is 2.90 bits per heavy atom. The number of aromatic nitrogens is 2. The van der Waals surface area contributed by atoms with E-state index in [9.17, 15) is 4.79 Å². The van der Waals surface area contributed by atoms with Crippen LogP contribution in [-0.2, 0) is 9.53 Å². The van der Waals surface area contributed by atoms with Crippen LogP contribution in [0.3, 0.4) is 0 Å². The minimum absolute atomic E-state index is 0.151. The third kappa shape index (κ3) is 2.67. The maximum Gasteiger partial charge on any atom is 0.306 e. The number of hydrogen-bond acceptors (Lipinski definition) is 6. The zero-order valence-electron chi connectivity index (χ0n) is 11.1. The minimum Gasteiger partial charge on any atom is -0.481 e. The van der Waals surface area contributed by atoms with Gasteiger partial charge in [0.2, 0.25) is 5.95 Å². The first kappa shape index (κ1) is 13.1. The van der Waals surface area contributed by atoms with Crippen molar-refractivity contribution in [3.05, 3.63) is 11.8 Å². The molecule has 1 aromatic rings. The molecule has 7 heteroatoms. The Hall–Kier alpha value is -1.89. The second kappa shape index (κ2) is 5.24. The summed E-state index contributed by atoms with van der Waals surface area (Å²) in [6.45, 7) is 1.42. The van der Waals surface area contributed by atoms with Gasteiger partial charge in [0.15, 0.2) is 0 Å². The van der Waals surface area contributed by atoms with Crippen LogP contribution in [0.5, 0.6) is 0 Å². The zero-order chi connectivity index (χ0) is 14.1. The number of nitrogens with zero attached hydrogens (tertiary/aromatic N) is 2. The predicted octanol–water partition coefficient (Wildman–Crippen LogP) is 0.838. The van der Waals surface area contributed by atoms with Crippen LogP contribution in [-0.4, -0.2) is 40.3 Å². The molecule has 0 amide bonds. The normalized spacial score (nSPS) is 28.9. The van der Waals surface area contributed by atoms with Gasteiger partial charge in [0.25, 0.3) is 0 Å². The smallest absolute Gasteiger partial charge is 0.306 e. The summed E-state index contributed by atoms with van der Waals surface area (Å²) in [6, 6.07) is 2.04. The molecule has 1 aliphatic carbocycles. The highest BCUT2D eigenvalue weighted by atomic mass is 16.5. The molecule has 1 saturated carbocycles. The van der Waals surface area contributed by atoms with Crippen LogP contribution in [0.2, 0.25) is 0 Å². The summed E-state index contributed by atoms with van der Waals surface area (Å²) < 4.78 is 5.36. The molecule has 20 heavy (non-hydrogen) atoms. The van der Waals surface area contributed by atoms with Gasteiger partial charge in [0.1, 0.15) is 5.82 Å². The number of nitrogen functional groups attached to an aromatic ring is 1. The van der Waals surface area contributed by atoms with E-state index in [1.807, 2.05) is 6.07 Å². The Bertz CT molecular complexity index is 510. The van der Waals surface area contributed by atoms with Gasteiger partial charge in [0, 0.05) is 24.6 Å². The van der Waals surface area contributed by atoms with Crippen LogP contribution in [0.1, 0.15) is 30.9 Å². The molecule has 0 spiro atoms. The lowest BCUT2D eigenvalue weighted by molar-refractivity contribution is -0.144. The minimum atomic E-state index is -0.728. The van der Waals surface area contributed by atoms with E-state index in [4.69, 9.17) is 15.6 Å². The number of hydrogen-bond donors (Lipinski definition) is 3. The molecule has 1 atom stereocenters. The van der Waals surface area contributed by atoms with Crippen LogP contribution < -0.4 is 11.1 Å². The SMILES string of the molecule is Nc1nc(NC2CC(C(=O)O)C2)cc([C@@H]2CCOC2)n1. The molecule has 1 saturated heterocycles. The van der Waals surface area contributed by atoms with Crippen LogP contribution in [0.15, 0.2) is 6.07 Å². The first-order valence-electron chi connectivity index (χ1n) is 6.83. The van der Waals surface area contributed by atoms with Crippen LogP contribution >= 0.6 is 0 Å². The molecule has 2 heterocycles. The monoisotopic (exact) mass is 278 g/mol. The molecule has 0 aromatic carbocycles.